The van der Waals surface area contributed by atoms with Gasteiger partial charge in [-0.05, 0) is 23.3 Å². The molecule has 0 unspecified atom stereocenters. The molecule has 25 heavy (non-hydrogen) atoms. The molecule has 0 aromatic heterocycles. The predicted octanol–water partition coefficient (Wildman–Crippen LogP) is 3.84. The molecule has 0 spiro atoms. The topological polar surface area (TPSA) is 49.8 Å². The smallest absolute Gasteiger partial charge is 0.416 e. The van der Waals surface area contributed by atoms with E-state index in [9.17, 15) is 18.0 Å². The summed E-state index contributed by atoms with van der Waals surface area (Å²) in [6.07, 6.45) is -5.05. The van der Waals surface area contributed by atoms with E-state index in [1.54, 1.807) is 12.1 Å². The van der Waals surface area contributed by atoms with Gasteiger partial charge in [0.05, 0.1) is 12.2 Å². The van der Waals surface area contributed by atoms with E-state index in [0.717, 1.165) is 17.7 Å². The van der Waals surface area contributed by atoms with Gasteiger partial charge in [-0.2, -0.15) is 13.2 Å². The second-order valence-corrected chi connectivity index (χ2v) is 5.38. The van der Waals surface area contributed by atoms with Crippen LogP contribution in [0.5, 0.6) is 0 Å². The number of aliphatic hydroxyl groups is 1. The lowest BCUT2D eigenvalue weighted by atomic mass is 10.1. The van der Waals surface area contributed by atoms with Crippen molar-refractivity contribution >= 4 is 6.09 Å². The average Bonchev–Trinajstić information content (AvgIpc) is 2.60. The fraction of sp³-hybridized carbons (Fsp3) is 0.278. The minimum atomic E-state index is -4.40. The summed E-state index contributed by atoms with van der Waals surface area (Å²) in [6.45, 7) is -0.128. The first-order valence-electron chi connectivity index (χ1n) is 7.63. The lowest BCUT2D eigenvalue weighted by Crippen LogP contribution is -2.33. The summed E-state index contributed by atoms with van der Waals surface area (Å²) < 4.78 is 42.9. The minimum absolute atomic E-state index is 0.0225. The van der Waals surface area contributed by atoms with Gasteiger partial charge in [-0.15, -0.1) is 0 Å². The molecule has 1 amide bonds. The third-order valence-electron chi connectivity index (χ3n) is 3.49. The number of nitrogens with zero attached hydrogens (tertiary/aromatic N) is 1. The summed E-state index contributed by atoms with van der Waals surface area (Å²) in [6, 6.07) is 13.6. The van der Waals surface area contributed by atoms with E-state index in [1.165, 1.54) is 17.0 Å². The molecule has 0 bridgehead atoms. The van der Waals surface area contributed by atoms with Crippen LogP contribution in [0, 0.1) is 0 Å². The number of alkyl halides is 3. The maximum absolute atomic E-state index is 12.6. The van der Waals surface area contributed by atoms with E-state index in [0.29, 0.717) is 5.56 Å². The summed E-state index contributed by atoms with van der Waals surface area (Å²) in [5, 5.41) is 9.10. The SMILES string of the molecule is O=C(OCc1ccccc1)N(CCO)Cc1ccc(C(F)(F)F)cc1. The summed E-state index contributed by atoms with van der Waals surface area (Å²) >= 11 is 0. The first-order chi connectivity index (χ1) is 11.9. The van der Waals surface area contributed by atoms with E-state index in [1.807, 2.05) is 18.2 Å². The number of carbonyl (C=O) groups excluding carboxylic acids is 1. The molecule has 2 rings (SSSR count). The van der Waals surface area contributed by atoms with Crippen LogP contribution in [0.25, 0.3) is 0 Å². The van der Waals surface area contributed by atoms with Gasteiger partial charge < -0.3 is 14.7 Å². The standard InChI is InChI=1S/C18H18F3NO3/c19-18(20,21)16-8-6-14(7-9-16)12-22(10-11-23)17(24)25-13-15-4-2-1-3-5-15/h1-9,23H,10-13H2. The van der Waals surface area contributed by atoms with Crippen LogP contribution in [0.4, 0.5) is 18.0 Å². The molecule has 134 valence electrons. The molecule has 0 aliphatic carbocycles. The number of aliphatic hydroxyl groups excluding tert-OH is 1. The molecular weight excluding hydrogens is 335 g/mol. The molecule has 2 aromatic carbocycles. The van der Waals surface area contributed by atoms with Gasteiger partial charge in [0.1, 0.15) is 6.61 Å². The Bertz CT molecular complexity index is 672. The number of amides is 1. The van der Waals surface area contributed by atoms with Crippen molar-refractivity contribution in [3.05, 3.63) is 71.3 Å². The average molecular weight is 353 g/mol. The Kier molecular flexibility index (Phi) is 6.41. The molecule has 0 radical (unpaired) electrons. The van der Waals surface area contributed by atoms with Gasteiger partial charge in [0.2, 0.25) is 0 Å². The quantitative estimate of drug-likeness (QED) is 0.859. The lowest BCUT2D eigenvalue weighted by molar-refractivity contribution is -0.137. The Balaban J connectivity index is 1.98. The number of ether oxygens (including phenoxy) is 1. The van der Waals surface area contributed by atoms with Crippen LogP contribution in [0.2, 0.25) is 0 Å². The van der Waals surface area contributed by atoms with Crippen molar-refractivity contribution < 1.29 is 27.8 Å². The Morgan fingerprint density at radius 1 is 1.00 bits per heavy atom. The van der Waals surface area contributed by atoms with Crippen molar-refractivity contribution in [1.29, 1.82) is 0 Å². The van der Waals surface area contributed by atoms with E-state index in [-0.39, 0.29) is 26.3 Å². The minimum Gasteiger partial charge on any atom is -0.445 e. The molecule has 0 fully saturated rings. The van der Waals surface area contributed by atoms with Gasteiger partial charge >= 0.3 is 12.3 Å². The van der Waals surface area contributed by atoms with Crippen LogP contribution in [0.15, 0.2) is 54.6 Å². The fourth-order valence-electron chi connectivity index (χ4n) is 2.19. The maximum Gasteiger partial charge on any atom is 0.416 e. The molecule has 1 N–H and O–H groups in total. The summed E-state index contributed by atoms with van der Waals surface area (Å²) in [4.78, 5) is 13.4. The molecular formula is C18H18F3NO3. The Hall–Kier alpha value is -2.54. The van der Waals surface area contributed by atoms with Crippen molar-refractivity contribution in [3.8, 4) is 0 Å². The van der Waals surface area contributed by atoms with Crippen molar-refractivity contribution in [3.63, 3.8) is 0 Å². The predicted molar refractivity (Wildman–Crippen MR) is 85.6 cm³/mol. The molecule has 0 heterocycles. The number of rotatable bonds is 6. The van der Waals surface area contributed by atoms with Gasteiger partial charge in [-0.25, -0.2) is 4.79 Å². The number of hydrogen-bond donors (Lipinski definition) is 1. The van der Waals surface area contributed by atoms with E-state index >= 15 is 0 Å². The zero-order valence-corrected chi connectivity index (χ0v) is 13.4. The number of hydrogen-bond acceptors (Lipinski definition) is 3. The van der Waals surface area contributed by atoms with Gasteiger partial charge in [0, 0.05) is 13.1 Å². The molecule has 2 aromatic rings. The van der Waals surface area contributed by atoms with Crippen molar-refractivity contribution in [2.45, 2.75) is 19.3 Å². The third kappa shape index (κ3) is 5.79. The molecule has 7 heteroatoms. The normalized spacial score (nSPS) is 11.2. The summed E-state index contributed by atoms with van der Waals surface area (Å²) in [7, 11) is 0. The van der Waals surface area contributed by atoms with Gasteiger partial charge in [0.25, 0.3) is 0 Å². The lowest BCUT2D eigenvalue weighted by Gasteiger charge is -2.21. The zero-order valence-electron chi connectivity index (χ0n) is 13.4. The second kappa shape index (κ2) is 8.53. The molecule has 0 saturated heterocycles. The van der Waals surface area contributed by atoms with Crippen LogP contribution in [0.1, 0.15) is 16.7 Å². The van der Waals surface area contributed by atoms with Crippen LogP contribution >= 0.6 is 0 Å². The number of benzene rings is 2. The first-order valence-corrected chi connectivity index (χ1v) is 7.63. The molecule has 0 aliphatic rings. The summed E-state index contributed by atoms with van der Waals surface area (Å²) in [5.41, 5.74) is 0.573. The molecule has 0 saturated carbocycles. The Morgan fingerprint density at radius 3 is 2.20 bits per heavy atom. The highest BCUT2D eigenvalue weighted by Gasteiger charge is 2.30. The van der Waals surface area contributed by atoms with Gasteiger partial charge in [0.15, 0.2) is 0 Å². The van der Waals surface area contributed by atoms with E-state index < -0.39 is 17.8 Å². The van der Waals surface area contributed by atoms with Crippen molar-refractivity contribution in [2.24, 2.45) is 0 Å². The first kappa shape index (κ1) is 18.8. The zero-order chi connectivity index (χ0) is 18.3. The fourth-order valence-corrected chi connectivity index (χ4v) is 2.19. The van der Waals surface area contributed by atoms with Crippen molar-refractivity contribution in [1.82, 2.24) is 4.90 Å². The molecule has 0 atom stereocenters. The highest BCUT2D eigenvalue weighted by molar-refractivity contribution is 5.67. The number of carbonyl (C=O) groups is 1. The van der Waals surface area contributed by atoms with Crippen LogP contribution in [0.3, 0.4) is 0 Å². The van der Waals surface area contributed by atoms with E-state index in [4.69, 9.17) is 9.84 Å². The van der Waals surface area contributed by atoms with Gasteiger partial charge in [-0.1, -0.05) is 42.5 Å². The largest absolute Gasteiger partial charge is 0.445 e. The monoisotopic (exact) mass is 353 g/mol. The highest BCUT2D eigenvalue weighted by Crippen LogP contribution is 2.29. The molecule has 4 nitrogen and oxygen atoms in total. The van der Waals surface area contributed by atoms with Crippen molar-refractivity contribution in [2.75, 3.05) is 13.2 Å². The molecule has 0 aliphatic heterocycles. The van der Waals surface area contributed by atoms with E-state index in [2.05, 4.69) is 0 Å². The number of halogens is 3. The second-order valence-electron chi connectivity index (χ2n) is 5.38. The van der Waals surface area contributed by atoms with Crippen LogP contribution in [-0.2, 0) is 24.1 Å². The highest BCUT2D eigenvalue weighted by atomic mass is 19.4. The maximum atomic E-state index is 12.6. The van der Waals surface area contributed by atoms with Gasteiger partial charge in [-0.3, -0.25) is 0 Å². The summed E-state index contributed by atoms with van der Waals surface area (Å²) in [5.74, 6) is 0. The van der Waals surface area contributed by atoms with Crippen LogP contribution in [-0.4, -0.2) is 29.3 Å². The Labute approximate surface area is 143 Å². The third-order valence-corrected chi connectivity index (χ3v) is 3.49. The Morgan fingerprint density at radius 2 is 1.64 bits per heavy atom. The van der Waals surface area contributed by atoms with Crippen LogP contribution < -0.4 is 0 Å².